The van der Waals surface area contributed by atoms with Gasteiger partial charge in [-0.15, -0.1) is 6.58 Å². The van der Waals surface area contributed by atoms with E-state index < -0.39 is 5.60 Å². The Hall–Kier alpha value is -0.890. The number of aliphatic hydroxyl groups is 1. The second-order valence-electron chi connectivity index (χ2n) is 9.56. The lowest BCUT2D eigenvalue weighted by molar-refractivity contribution is -0.130. The van der Waals surface area contributed by atoms with Crippen LogP contribution in [0.2, 0.25) is 0 Å². The van der Waals surface area contributed by atoms with Crippen LogP contribution in [0.3, 0.4) is 0 Å². The van der Waals surface area contributed by atoms with E-state index in [-0.39, 0.29) is 5.41 Å². The van der Waals surface area contributed by atoms with Gasteiger partial charge in [0.25, 0.3) is 0 Å². The molecule has 4 aliphatic carbocycles. The molecule has 3 fully saturated rings. The van der Waals surface area contributed by atoms with E-state index in [0.717, 1.165) is 62.4 Å². The minimum atomic E-state index is -0.540. The summed E-state index contributed by atoms with van der Waals surface area (Å²) in [6.07, 6.45) is 12.6. The molecule has 0 radical (unpaired) electrons. The summed E-state index contributed by atoms with van der Waals surface area (Å²) in [5.41, 5.74) is 2.13. The van der Waals surface area contributed by atoms with Crippen LogP contribution in [0.15, 0.2) is 23.8 Å². The quantitative estimate of drug-likeness (QED) is 0.714. The normalized spacial score (nSPS) is 46.0. The van der Waals surface area contributed by atoms with Crippen molar-refractivity contribution in [3.8, 4) is 0 Å². The molecule has 0 aliphatic heterocycles. The zero-order valence-corrected chi connectivity index (χ0v) is 16.0. The first-order valence-corrected chi connectivity index (χ1v) is 10.5. The van der Waals surface area contributed by atoms with E-state index >= 15 is 0 Å². The van der Waals surface area contributed by atoms with Gasteiger partial charge in [-0.1, -0.05) is 18.1 Å². The van der Waals surface area contributed by atoms with Crippen LogP contribution in [0.4, 0.5) is 0 Å². The van der Waals surface area contributed by atoms with Crippen molar-refractivity contribution in [2.45, 2.75) is 83.7 Å². The van der Waals surface area contributed by atoms with Gasteiger partial charge in [-0.2, -0.15) is 0 Å². The van der Waals surface area contributed by atoms with Crippen molar-refractivity contribution < 1.29 is 9.90 Å². The van der Waals surface area contributed by atoms with Crippen molar-refractivity contribution in [1.82, 2.24) is 0 Å². The van der Waals surface area contributed by atoms with E-state index in [2.05, 4.69) is 20.4 Å². The summed E-state index contributed by atoms with van der Waals surface area (Å²) in [4.78, 5) is 11.8. The van der Waals surface area contributed by atoms with Gasteiger partial charge in [-0.25, -0.2) is 0 Å². The fourth-order valence-electron chi connectivity index (χ4n) is 7.64. The molecule has 0 spiro atoms. The highest BCUT2D eigenvalue weighted by atomic mass is 16.3. The van der Waals surface area contributed by atoms with Gasteiger partial charge in [-0.05, 0) is 94.5 Å². The predicted octanol–water partition coefficient (Wildman–Crippen LogP) is 5.22. The molecular formula is C23H34O2. The maximum absolute atomic E-state index is 11.8. The van der Waals surface area contributed by atoms with E-state index in [0.29, 0.717) is 17.6 Å². The predicted molar refractivity (Wildman–Crippen MR) is 101 cm³/mol. The number of allylic oxidation sites excluding steroid dienone is 1. The summed E-state index contributed by atoms with van der Waals surface area (Å²) in [7, 11) is 0. The van der Waals surface area contributed by atoms with Gasteiger partial charge < -0.3 is 5.11 Å². The summed E-state index contributed by atoms with van der Waals surface area (Å²) >= 11 is 0. The third kappa shape index (κ3) is 2.51. The first-order chi connectivity index (χ1) is 11.9. The van der Waals surface area contributed by atoms with Gasteiger partial charge in [0, 0.05) is 11.8 Å². The molecule has 0 aromatic rings. The first kappa shape index (κ1) is 17.5. The maximum Gasteiger partial charge on any atom is 0.155 e. The molecule has 0 amide bonds. The van der Waals surface area contributed by atoms with Crippen LogP contribution in [-0.4, -0.2) is 16.5 Å². The average molecular weight is 343 g/mol. The summed E-state index contributed by atoms with van der Waals surface area (Å²) < 4.78 is 0. The zero-order valence-electron chi connectivity index (χ0n) is 16.0. The Morgan fingerprint density at radius 1 is 1.20 bits per heavy atom. The zero-order chi connectivity index (χ0) is 17.8. The molecular weight excluding hydrogens is 308 g/mol. The van der Waals surface area contributed by atoms with Gasteiger partial charge in [-0.3, -0.25) is 4.79 Å². The Morgan fingerprint density at radius 3 is 2.72 bits per heavy atom. The first-order valence-electron chi connectivity index (χ1n) is 10.5. The van der Waals surface area contributed by atoms with Crippen LogP contribution >= 0.6 is 0 Å². The molecule has 4 aliphatic rings. The molecule has 2 heteroatoms. The molecule has 1 N–H and O–H groups in total. The maximum atomic E-state index is 11.8. The highest BCUT2D eigenvalue weighted by Crippen LogP contribution is 2.67. The van der Waals surface area contributed by atoms with E-state index in [1.807, 2.05) is 6.08 Å². The monoisotopic (exact) mass is 342 g/mol. The highest BCUT2D eigenvalue weighted by molar-refractivity contribution is 5.91. The Morgan fingerprint density at radius 2 is 2.00 bits per heavy atom. The third-order valence-electron chi connectivity index (χ3n) is 8.53. The summed E-state index contributed by atoms with van der Waals surface area (Å²) in [6.45, 7) is 8.48. The van der Waals surface area contributed by atoms with E-state index in [9.17, 15) is 9.90 Å². The number of ketones is 1. The number of rotatable bonds is 3. The number of carbonyl (C=O) groups excluding carboxylic acids is 1. The van der Waals surface area contributed by atoms with E-state index in [1.165, 1.54) is 24.8 Å². The molecule has 0 heterocycles. The van der Waals surface area contributed by atoms with Gasteiger partial charge in [0.2, 0.25) is 0 Å². The van der Waals surface area contributed by atoms with Gasteiger partial charge in [0.15, 0.2) is 5.78 Å². The molecule has 3 saturated carbocycles. The molecule has 0 aromatic carbocycles. The number of fused-ring (bicyclic) bond motifs is 5. The van der Waals surface area contributed by atoms with Crippen LogP contribution in [0, 0.1) is 29.1 Å². The molecule has 2 nitrogen and oxygen atoms in total. The standard InChI is InChI=1S/C23H34O2/c1-4-22-11-9-19-18-8-6-17(24)13-16(18)5-7-20(19)21(22)10-12-23(22,25)14-15(2)3/h13,18-21,25H,2,4-12,14H2,1,3H3/t18-,19+,20+,21-,22-,23+/m0/s1. The topological polar surface area (TPSA) is 37.3 Å². The second kappa shape index (κ2) is 6.08. The smallest absolute Gasteiger partial charge is 0.155 e. The lowest BCUT2D eigenvalue weighted by Gasteiger charge is -2.57. The van der Waals surface area contributed by atoms with Crippen molar-refractivity contribution >= 4 is 5.78 Å². The van der Waals surface area contributed by atoms with Crippen molar-refractivity contribution in [3.05, 3.63) is 23.8 Å². The minimum absolute atomic E-state index is 0.0961. The van der Waals surface area contributed by atoms with Crippen molar-refractivity contribution in [1.29, 1.82) is 0 Å². The van der Waals surface area contributed by atoms with Gasteiger partial charge >= 0.3 is 0 Å². The van der Waals surface area contributed by atoms with Crippen LogP contribution in [0.25, 0.3) is 0 Å². The fraction of sp³-hybridized carbons (Fsp3) is 0.783. The second-order valence-corrected chi connectivity index (χ2v) is 9.56. The molecule has 0 unspecified atom stereocenters. The highest BCUT2D eigenvalue weighted by Gasteiger charge is 2.63. The SMILES string of the molecule is C=C(C)C[C@]1(O)CC[C@H]2[C@@H]3CCC4=CC(=O)CC[C@@H]4[C@H]3CC[C@@]21CC. The van der Waals surface area contributed by atoms with Crippen molar-refractivity contribution in [2.24, 2.45) is 29.1 Å². The van der Waals surface area contributed by atoms with Gasteiger partial charge in [0.1, 0.15) is 0 Å². The van der Waals surface area contributed by atoms with Gasteiger partial charge in [0.05, 0.1) is 5.60 Å². The Balaban J connectivity index is 1.64. The van der Waals surface area contributed by atoms with E-state index in [4.69, 9.17) is 0 Å². The fourth-order valence-corrected chi connectivity index (χ4v) is 7.64. The van der Waals surface area contributed by atoms with Crippen molar-refractivity contribution in [2.75, 3.05) is 0 Å². The average Bonchev–Trinajstić information content (AvgIpc) is 2.86. The van der Waals surface area contributed by atoms with Crippen LogP contribution < -0.4 is 0 Å². The molecule has 25 heavy (non-hydrogen) atoms. The molecule has 0 bridgehead atoms. The number of carbonyl (C=O) groups is 1. The molecule has 6 atom stereocenters. The Bertz CT molecular complexity index is 618. The van der Waals surface area contributed by atoms with Crippen LogP contribution in [0.5, 0.6) is 0 Å². The lowest BCUT2D eigenvalue weighted by atomic mass is 9.49. The van der Waals surface area contributed by atoms with Crippen LogP contribution in [0.1, 0.15) is 78.1 Å². The molecule has 4 rings (SSSR count). The number of hydrogen-bond donors (Lipinski definition) is 1. The summed E-state index contributed by atoms with van der Waals surface area (Å²) in [5.74, 6) is 3.18. The summed E-state index contributed by atoms with van der Waals surface area (Å²) in [6, 6.07) is 0. The lowest BCUT2D eigenvalue weighted by Crippen LogP contribution is -2.54. The number of hydrogen-bond acceptors (Lipinski definition) is 2. The Kier molecular flexibility index (Phi) is 4.26. The third-order valence-corrected chi connectivity index (χ3v) is 8.53. The summed E-state index contributed by atoms with van der Waals surface area (Å²) in [5, 5.41) is 11.6. The molecule has 0 saturated heterocycles. The van der Waals surface area contributed by atoms with Crippen molar-refractivity contribution in [3.63, 3.8) is 0 Å². The van der Waals surface area contributed by atoms with E-state index in [1.54, 1.807) is 0 Å². The van der Waals surface area contributed by atoms with Crippen LogP contribution in [-0.2, 0) is 4.79 Å². The Labute approximate surface area is 152 Å². The minimum Gasteiger partial charge on any atom is -0.389 e. The molecule has 138 valence electrons. The largest absolute Gasteiger partial charge is 0.389 e. The molecule has 0 aromatic heterocycles.